The van der Waals surface area contributed by atoms with Crippen LogP contribution in [0.15, 0.2) is 29.1 Å². The molecule has 7 nitrogen and oxygen atoms in total. The van der Waals surface area contributed by atoms with Crippen LogP contribution in [0.5, 0.6) is 0 Å². The molecule has 1 atom stereocenters. The van der Waals surface area contributed by atoms with Gasteiger partial charge in [-0.1, -0.05) is 22.9 Å². The van der Waals surface area contributed by atoms with Crippen molar-refractivity contribution in [1.29, 1.82) is 0 Å². The zero-order chi connectivity index (χ0) is 17.8. The summed E-state index contributed by atoms with van der Waals surface area (Å²) >= 11 is 0. The summed E-state index contributed by atoms with van der Waals surface area (Å²) in [6.07, 6.45) is 1.24. The van der Waals surface area contributed by atoms with Gasteiger partial charge in [-0.3, -0.25) is 9.59 Å². The molecule has 1 aromatic heterocycles. The molecule has 0 radical (unpaired) electrons. The monoisotopic (exact) mass is 343 g/mol. The molecule has 7 heteroatoms. The first kappa shape index (κ1) is 17.3. The number of hydrogen-bond acceptors (Lipinski definition) is 6. The molecule has 2 heterocycles. The molecule has 1 aromatic carbocycles. The lowest BCUT2D eigenvalue weighted by atomic mass is 9.99. The van der Waals surface area contributed by atoms with Crippen molar-refractivity contribution in [3.8, 4) is 0 Å². The largest absolute Gasteiger partial charge is 0.366 e. The summed E-state index contributed by atoms with van der Waals surface area (Å²) in [5.74, 6) is 0.372. The molecule has 3 rings (SSSR count). The fourth-order valence-electron chi connectivity index (χ4n) is 2.90. The van der Waals surface area contributed by atoms with Crippen LogP contribution in [-0.2, 0) is 9.53 Å². The van der Waals surface area contributed by atoms with E-state index in [9.17, 15) is 9.59 Å². The third-order valence-electron chi connectivity index (χ3n) is 4.34. The van der Waals surface area contributed by atoms with Crippen molar-refractivity contribution in [3.05, 3.63) is 47.1 Å². The number of aryl methyl sites for hydroxylation is 2. The van der Waals surface area contributed by atoms with Gasteiger partial charge in [0.2, 0.25) is 18.1 Å². The first-order chi connectivity index (χ1) is 12.0. The fourth-order valence-corrected chi connectivity index (χ4v) is 2.90. The van der Waals surface area contributed by atoms with Crippen molar-refractivity contribution >= 4 is 11.7 Å². The van der Waals surface area contributed by atoms with Gasteiger partial charge in [-0.15, -0.1) is 0 Å². The Bertz CT molecular complexity index is 758. The average Bonchev–Trinajstić information content (AvgIpc) is 3.16. The van der Waals surface area contributed by atoms with Crippen LogP contribution in [0.25, 0.3) is 0 Å². The van der Waals surface area contributed by atoms with E-state index in [2.05, 4.69) is 10.1 Å². The van der Waals surface area contributed by atoms with Gasteiger partial charge in [0, 0.05) is 24.9 Å². The normalized spacial score (nSPS) is 17.5. The summed E-state index contributed by atoms with van der Waals surface area (Å²) in [4.78, 5) is 30.5. The number of amides is 1. The van der Waals surface area contributed by atoms with E-state index >= 15 is 0 Å². The molecule has 1 aliphatic rings. The van der Waals surface area contributed by atoms with E-state index < -0.39 is 0 Å². The molecular weight excluding hydrogens is 322 g/mol. The van der Waals surface area contributed by atoms with Crippen molar-refractivity contribution < 1.29 is 18.8 Å². The van der Waals surface area contributed by atoms with E-state index in [1.807, 2.05) is 32.0 Å². The lowest BCUT2D eigenvalue weighted by Crippen LogP contribution is -2.42. The molecule has 0 aliphatic carbocycles. The van der Waals surface area contributed by atoms with Gasteiger partial charge in [-0.2, -0.15) is 4.98 Å². The van der Waals surface area contributed by atoms with Crippen LogP contribution in [0.2, 0.25) is 0 Å². The Kier molecular flexibility index (Phi) is 5.23. The first-order valence-electron chi connectivity index (χ1n) is 8.30. The van der Waals surface area contributed by atoms with Crippen molar-refractivity contribution in [2.75, 3.05) is 19.7 Å². The highest BCUT2D eigenvalue weighted by atomic mass is 16.5. The van der Waals surface area contributed by atoms with Gasteiger partial charge in [0.25, 0.3) is 0 Å². The standard InChI is InChI=1S/C18H21N3O4/c1-12-3-4-13(2)14(9-12)15(22)5-6-17(23)21-7-8-24-16(10-21)18-19-11-25-20-18/h3-4,9,11,16H,5-8,10H2,1-2H3/t16-/m0/s1. The van der Waals surface area contributed by atoms with Gasteiger partial charge in [-0.25, -0.2) is 0 Å². The molecule has 1 saturated heterocycles. The quantitative estimate of drug-likeness (QED) is 0.774. The number of morpholine rings is 1. The second-order valence-electron chi connectivity index (χ2n) is 6.23. The number of aromatic nitrogens is 2. The number of ether oxygens (including phenoxy) is 1. The van der Waals surface area contributed by atoms with Crippen molar-refractivity contribution in [1.82, 2.24) is 15.0 Å². The molecule has 2 aromatic rings. The highest BCUT2D eigenvalue weighted by Crippen LogP contribution is 2.20. The third kappa shape index (κ3) is 4.11. The molecule has 1 aliphatic heterocycles. The van der Waals surface area contributed by atoms with Crippen LogP contribution < -0.4 is 0 Å². The molecule has 0 spiro atoms. The smallest absolute Gasteiger partial charge is 0.223 e. The van der Waals surface area contributed by atoms with Crippen molar-refractivity contribution in [2.45, 2.75) is 32.8 Å². The Morgan fingerprint density at radius 2 is 2.12 bits per heavy atom. The molecule has 1 amide bonds. The number of carbonyl (C=O) groups excluding carboxylic acids is 2. The van der Waals surface area contributed by atoms with Crippen LogP contribution in [0.1, 0.15) is 46.3 Å². The van der Waals surface area contributed by atoms with Crippen molar-refractivity contribution in [3.63, 3.8) is 0 Å². The van der Waals surface area contributed by atoms with Gasteiger partial charge >= 0.3 is 0 Å². The summed E-state index contributed by atoms with van der Waals surface area (Å²) in [6.45, 7) is 5.15. The van der Waals surface area contributed by atoms with E-state index in [1.54, 1.807) is 4.90 Å². The van der Waals surface area contributed by atoms with E-state index in [4.69, 9.17) is 9.26 Å². The number of ketones is 1. The fraction of sp³-hybridized carbons (Fsp3) is 0.444. The van der Waals surface area contributed by atoms with Crippen LogP contribution in [0.4, 0.5) is 0 Å². The summed E-state index contributed by atoms with van der Waals surface area (Å²) in [7, 11) is 0. The van der Waals surface area contributed by atoms with E-state index in [1.165, 1.54) is 6.39 Å². The van der Waals surface area contributed by atoms with Crippen LogP contribution in [0, 0.1) is 13.8 Å². The highest BCUT2D eigenvalue weighted by Gasteiger charge is 2.28. The maximum atomic E-state index is 12.5. The second kappa shape index (κ2) is 7.57. The molecule has 0 unspecified atom stereocenters. The highest BCUT2D eigenvalue weighted by molar-refractivity contribution is 5.99. The topological polar surface area (TPSA) is 85.5 Å². The third-order valence-corrected chi connectivity index (χ3v) is 4.34. The van der Waals surface area contributed by atoms with Crippen LogP contribution in [-0.4, -0.2) is 46.4 Å². The molecular formula is C18H21N3O4. The van der Waals surface area contributed by atoms with Gasteiger partial charge in [0.1, 0.15) is 6.10 Å². The zero-order valence-corrected chi connectivity index (χ0v) is 14.4. The minimum absolute atomic E-state index is 0.00229. The summed E-state index contributed by atoms with van der Waals surface area (Å²) in [5, 5.41) is 3.76. The lowest BCUT2D eigenvalue weighted by Gasteiger charge is -2.31. The van der Waals surface area contributed by atoms with Crippen LogP contribution in [0.3, 0.4) is 0 Å². The van der Waals surface area contributed by atoms with Gasteiger partial charge < -0.3 is 14.2 Å². The molecule has 0 N–H and O–H groups in total. The summed E-state index contributed by atoms with van der Waals surface area (Å²) in [5.41, 5.74) is 2.67. The van der Waals surface area contributed by atoms with E-state index in [0.717, 1.165) is 11.1 Å². The molecule has 0 bridgehead atoms. The van der Waals surface area contributed by atoms with Gasteiger partial charge in [0.15, 0.2) is 5.78 Å². The summed E-state index contributed by atoms with van der Waals surface area (Å²) in [6, 6.07) is 5.79. The second-order valence-corrected chi connectivity index (χ2v) is 6.23. The summed E-state index contributed by atoms with van der Waals surface area (Å²) < 4.78 is 10.3. The number of nitrogens with zero attached hydrogens (tertiary/aromatic N) is 3. The Morgan fingerprint density at radius 3 is 2.88 bits per heavy atom. The minimum Gasteiger partial charge on any atom is -0.366 e. The number of carbonyl (C=O) groups is 2. The van der Waals surface area contributed by atoms with Gasteiger partial charge in [0.05, 0.1) is 13.2 Å². The Labute approximate surface area is 146 Å². The number of hydrogen-bond donors (Lipinski definition) is 0. The maximum absolute atomic E-state index is 12.5. The van der Waals surface area contributed by atoms with E-state index in [-0.39, 0.29) is 30.6 Å². The maximum Gasteiger partial charge on any atom is 0.223 e. The lowest BCUT2D eigenvalue weighted by molar-refractivity contribution is -0.139. The SMILES string of the molecule is Cc1ccc(C)c(C(=O)CCC(=O)N2CCO[C@H](c3ncon3)C2)c1. The number of rotatable bonds is 5. The molecule has 1 fully saturated rings. The number of benzene rings is 1. The molecule has 25 heavy (non-hydrogen) atoms. The Morgan fingerprint density at radius 1 is 1.28 bits per heavy atom. The predicted molar refractivity (Wildman–Crippen MR) is 89.1 cm³/mol. The Hall–Kier alpha value is -2.54. The molecule has 0 saturated carbocycles. The minimum atomic E-state index is -0.383. The predicted octanol–water partition coefficient (Wildman–Crippen LogP) is 2.25. The first-order valence-corrected chi connectivity index (χ1v) is 8.30. The molecule has 132 valence electrons. The van der Waals surface area contributed by atoms with Crippen molar-refractivity contribution in [2.24, 2.45) is 0 Å². The van der Waals surface area contributed by atoms with Gasteiger partial charge in [-0.05, 0) is 25.5 Å². The number of Topliss-reactive ketones (excluding diaryl/α,β-unsaturated/α-hetero) is 1. The average molecular weight is 343 g/mol. The van der Waals surface area contributed by atoms with Crippen LogP contribution >= 0.6 is 0 Å². The zero-order valence-electron chi connectivity index (χ0n) is 14.4. The Balaban J connectivity index is 1.57. The van der Waals surface area contributed by atoms with E-state index in [0.29, 0.717) is 31.1 Å².